The standard InChI is InChI=1S/C12H14N4O/c1-3-16-9-10(8-15-16)7-14-11-5-4-6-13-12(11)17-2/h3-6,8-9,14H,1,7H2,2H3. The molecule has 0 unspecified atom stereocenters. The van der Waals surface area contributed by atoms with Crippen LogP contribution in [0.1, 0.15) is 5.56 Å². The number of hydrogen-bond donors (Lipinski definition) is 1. The Bertz CT molecular complexity index is 507. The summed E-state index contributed by atoms with van der Waals surface area (Å²) in [5.74, 6) is 0.587. The molecule has 2 heterocycles. The van der Waals surface area contributed by atoms with Crippen LogP contribution in [0.3, 0.4) is 0 Å². The van der Waals surface area contributed by atoms with Crippen molar-refractivity contribution < 1.29 is 4.74 Å². The molecule has 2 aromatic heterocycles. The van der Waals surface area contributed by atoms with E-state index in [1.807, 2.05) is 18.3 Å². The van der Waals surface area contributed by atoms with Gasteiger partial charge in [-0.2, -0.15) is 5.10 Å². The van der Waals surface area contributed by atoms with E-state index in [9.17, 15) is 0 Å². The maximum Gasteiger partial charge on any atom is 0.237 e. The summed E-state index contributed by atoms with van der Waals surface area (Å²) in [6.45, 7) is 4.30. The van der Waals surface area contributed by atoms with Gasteiger partial charge in [-0.1, -0.05) is 6.58 Å². The Labute approximate surface area is 99.7 Å². The van der Waals surface area contributed by atoms with Crippen LogP contribution in [0.5, 0.6) is 5.88 Å². The molecule has 2 rings (SSSR count). The van der Waals surface area contributed by atoms with Crippen LogP contribution in [0.25, 0.3) is 6.20 Å². The van der Waals surface area contributed by atoms with E-state index in [0.717, 1.165) is 11.3 Å². The van der Waals surface area contributed by atoms with Crippen LogP contribution in [0.15, 0.2) is 37.3 Å². The minimum absolute atomic E-state index is 0.587. The molecular weight excluding hydrogens is 216 g/mol. The maximum atomic E-state index is 5.15. The third kappa shape index (κ3) is 2.63. The molecule has 0 aliphatic heterocycles. The van der Waals surface area contributed by atoms with Crippen LogP contribution in [0, 0.1) is 0 Å². The summed E-state index contributed by atoms with van der Waals surface area (Å²) in [4.78, 5) is 4.11. The zero-order valence-electron chi connectivity index (χ0n) is 9.63. The lowest BCUT2D eigenvalue weighted by atomic mass is 10.3. The van der Waals surface area contributed by atoms with Crippen LogP contribution < -0.4 is 10.1 Å². The van der Waals surface area contributed by atoms with Gasteiger partial charge in [0.1, 0.15) is 0 Å². The fourth-order valence-electron chi connectivity index (χ4n) is 1.45. The van der Waals surface area contributed by atoms with Crippen molar-refractivity contribution in [3.63, 3.8) is 0 Å². The number of rotatable bonds is 5. The highest BCUT2D eigenvalue weighted by molar-refractivity contribution is 5.52. The van der Waals surface area contributed by atoms with Gasteiger partial charge in [0.2, 0.25) is 5.88 Å². The average Bonchev–Trinajstić information content (AvgIpc) is 2.84. The third-order valence-corrected chi connectivity index (χ3v) is 2.29. The van der Waals surface area contributed by atoms with Crippen molar-refractivity contribution in [3.05, 3.63) is 42.9 Å². The van der Waals surface area contributed by atoms with E-state index in [1.165, 1.54) is 0 Å². The molecule has 0 aromatic carbocycles. The number of nitrogens with zero attached hydrogens (tertiary/aromatic N) is 3. The highest BCUT2D eigenvalue weighted by Crippen LogP contribution is 2.20. The van der Waals surface area contributed by atoms with E-state index in [0.29, 0.717) is 12.4 Å². The molecule has 1 N–H and O–H groups in total. The number of nitrogens with one attached hydrogen (secondary N) is 1. The zero-order valence-corrected chi connectivity index (χ0v) is 9.63. The fraction of sp³-hybridized carbons (Fsp3) is 0.167. The van der Waals surface area contributed by atoms with Gasteiger partial charge >= 0.3 is 0 Å². The summed E-state index contributed by atoms with van der Waals surface area (Å²) in [6, 6.07) is 3.78. The summed E-state index contributed by atoms with van der Waals surface area (Å²) in [5.41, 5.74) is 1.93. The molecule has 0 bridgehead atoms. The van der Waals surface area contributed by atoms with Gasteiger partial charge in [-0.25, -0.2) is 9.67 Å². The Hall–Kier alpha value is -2.30. The van der Waals surface area contributed by atoms with Crippen molar-refractivity contribution in [2.75, 3.05) is 12.4 Å². The largest absolute Gasteiger partial charge is 0.480 e. The first kappa shape index (κ1) is 11.2. The van der Waals surface area contributed by atoms with E-state index in [4.69, 9.17) is 4.74 Å². The molecule has 0 amide bonds. The highest BCUT2D eigenvalue weighted by atomic mass is 16.5. The Balaban J connectivity index is 2.04. The summed E-state index contributed by atoms with van der Waals surface area (Å²) in [5, 5.41) is 7.34. The van der Waals surface area contributed by atoms with Crippen LogP contribution in [-0.4, -0.2) is 21.9 Å². The topological polar surface area (TPSA) is 52.0 Å². The lowest BCUT2D eigenvalue weighted by Gasteiger charge is -2.08. The molecular formula is C12H14N4O. The summed E-state index contributed by atoms with van der Waals surface area (Å²) in [6.07, 6.45) is 7.04. The molecule has 0 aliphatic carbocycles. The van der Waals surface area contributed by atoms with Gasteiger partial charge in [0.25, 0.3) is 0 Å². The van der Waals surface area contributed by atoms with Gasteiger partial charge < -0.3 is 10.1 Å². The smallest absolute Gasteiger partial charge is 0.237 e. The second-order valence-electron chi connectivity index (χ2n) is 3.42. The zero-order chi connectivity index (χ0) is 12.1. The Morgan fingerprint density at radius 2 is 2.47 bits per heavy atom. The molecule has 88 valence electrons. The predicted octanol–water partition coefficient (Wildman–Crippen LogP) is 2.00. The van der Waals surface area contributed by atoms with E-state index < -0.39 is 0 Å². The number of hydrogen-bond acceptors (Lipinski definition) is 4. The monoisotopic (exact) mass is 230 g/mol. The Morgan fingerprint density at radius 1 is 1.59 bits per heavy atom. The van der Waals surface area contributed by atoms with Crippen LogP contribution in [-0.2, 0) is 6.54 Å². The number of pyridine rings is 1. The van der Waals surface area contributed by atoms with Crippen molar-refractivity contribution in [2.24, 2.45) is 0 Å². The minimum atomic E-state index is 0.587. The molecule has 0 aliphatic rings. The van der Waals surface area contributed by atoms with E-state index in [2.05, 4.69) is 22.0 Å². The van der Waals surface area contributed by atoms with Crippen LogP contribution >= 0.6 is 0 Å². The minimum Gasteiger partial charge on any atom is -0.480 e. The molecule has 5 nitrogen and oxygen atoms in total. The molecule has 0 radical (unpaired) electrons. The van der Waals surface area contributed by atoms with Crippen molar-refractivity contribution in [3.8, 4) is 5.88 Å². The molecule has 0 spiro atoms. The summed E-state index contributed by atoms with van der Waals surface area (Å²) in [7, 11) is 1.60. The van der Waals surface area contributed by atoms with Gasteiger partial charge in [-0.15, -0.1) is 0 Å². The maximum absolute atomic E-state index is 5.15. The first-order valence-corrected chi connectivity index (χ1v) is 5.22. The van der Waals surface area contributed by atoms with Crippen molar-refractivity contribution in [1.82, 2.24) is 14.8 Å². The average molecular weight is 230 g/mol. The van der Waals surface area contributed by atoms with Crippen molar-refractivity contribution in [1.29, 1.82) is 0 Å². The molecule has 2 aromatic rings. The number of aromatic nitrogens is 3. The van der Waals surface area contributed by atoms with Crippen LogP contribution in [0.2, 0.25) is 0 Å². The predicted molar refractivity (Wildman–Crippen MR) is 66.7 cm³/mol. The lowest BCUT2D eigenvalue weighted by Crippen LogP contribution is -2.01. The normalized spacial score (nSPS) is 9.94. The van der Waals surface area contributed by atoms with Gasteiger partial charge in [0.15, 0.2) is 0 Å². The second-order valence-corrected chi connectivity index (χ2v) is 3.42. The first-order chi connectivity index (χ1) is 8.33. The lowest BCUT2D eigenvalue weighted by molar-refractivity contribution is 0.399. The second kappa shape index (κ2) is 5.16. The van der Waals surface area contributed by atoms with E-state index >= 15 is 0 Å². The molecule has 5 heteroatoms. The van der Waals surface area contributed by atoms with Crippen molar-refractivity contribution >= 4 is 11.9 Å². The Morgan fingerprint density at radius 3 is 3.18 bits per heavy atom. The third-order valence-electron chi connectivity index (χ3n) is 2.29. The van der Waals surface area contributed by atoms with Crippen LogP contribution in [0.4, 0.5) is 5.69 Å². The van der Waals surface area contributed by atoms with Gasteiger partial charge in [0, 0.05) is 30.7 Å². The molecule has 0 saturated heterocycles. The number of ether oxygens (including phenoxy) is 1. The SMILES string of the molecule is C=Cn1cc(CNc2cccnc2OC)cn1. The Kier molecular flexibility index (Phi) is 3.40. The highest BCUT2D eigenvalue weighted by Gasteiger charge is 2.03. The van der Waals surface area contributed by atoms with E-state index in [-0.39, 0.29) is 0 Å². The van der Waals surface area contributed by atoms with Gasteiger partial charge in [0.05, 0.1) is 19.0 Å². The van der Waals surface area contributed by atoms with Crippen molar-refractivity contribution in [2.45, 2.75) is 6.54 Å². The van der Waals surface area contributed by atoms with E-state index in [1.54, 1.807) is 30.4 Å². The summed E-state index contributed by atoms with van der Waals surface area (Å²) < 4.78 is 6.81. The number of methoxy groups -OCH3 is 1. The first-order valence-electron chi connectivity index (χ1n) is 5.22. The molecule has 17 heavy (non-hydrogen) atoms. The van der Waals surface area contributed by atoms with Gasteiger partial charge in [-0.05, 0) is 12.1 Å². The summed E-state index contributed by atoms with van der Waals surface area (Å²) >= 11 is 0. The quantitative estimate of drug-likeness (QED) is 0.853. The fourth-order valence-corrected chi connectivity index (χ4v) is 1.45. The van der Waals surface area contributed by atoms with Gasteiger partial charge in [-0.3, -0.25) is 0 Å². The number of anilines is 1. The molecule has 0 fully saturated rings. The molecule has 0 saturated carbocycles. The molecule has 0 atom stereocenters.